The molecule has 1 saturated carbocycles. The second-order valence-electron chi connectivity index (χ2n) is 10.1. The largest absolute Gasteiger partial charge is 0.300 e. The summed E-state index contributed by atoms with van der Waals surface area (Å²) in [7, 11) is 0. The standard InChI is InChI=1S/C28H39FN4O2/c29-21-24-7-5-8-25(19-24)22-31-15-13-30(14-16-31)17-18-32(27-10-3-1-2-4-11-27)23-26-9-6-12-28(20-26)33(34)35/h5-9,12,19-20,27H,1-4,10-11,13-18,21-23H2. The number of nitro benzene ring substituents is 1. The van der Waals surface area contributed by atoms with E-state index in [1.54, 1.807) is 18.2 Å². The number of piperazine rings is 1. The molecule has 1 aliphatic carbocycles. The van der Waals surface area contributed by atoms with Crippen LogP contribution in [0, 0.1) is 10.1 Å². The van der Waals surface area contributed by atoms with E-state index in [9.17, 15) is 14.5 Å². The Morgan fingerprint density at radius 2 is 1.54 bits per heavy atom. The number of non-ortho nitro benzene ring substituents is 1. The highest BCUT2D eigenvalue weighted by molar-refractivity contribution is 5.34. The summed E-state index contributed by atoms with van der Waals surface area (Å²) in [5, 5.41) is 11.3. The van der Waals surface area contributed by atoms with Crippen LogP contribution in [0.25, 0.3) is 0 Å². The maximum absolute atomic E-state index is 13.0. The SMILES string of the molecule is O=[N+]([O-])c1cccc(CN(CCN2CCN(Cc3cccc(CF)c3)CC2)C2CCCCCC2)c1. The van der Waals surface area contributed by atoms with Gasteiger partial charge in [0.2, 0.25) is 0 Å². The topological polar surface area (TPSA) is 52.9 Å². The van der Waals surface area contributed by atoms with Gasteiger partial charge in [-0.2, -0.15) is 0 Å². The molecule has 0 aromatic heterocycles. The van der Waals surface area contributed by atoms with Crippen LogP contribution in [0.2, 0.25) is 0 Å². The first kappa shape index (κ1) is 25.7. The Hall–Kier alpha value is -2.35. The molecular formula is C28H39FN4O2. The van der Waals surface area contributed by atoms with Gasteiger partial charge in [0.05, 0.1) is 4.92 Å². The first-order chi connectivity index (χ1) is 17.1. The van der Waals surface area contributed by atoms with E-state index in [0.717, 1.165) is 63.5 Å². The Labute approximate surface area is 208 Å². The lowest BCUT2D eigenvalue weighted by atomic mass is 10.1. The van der Waals surface area contributed by atoms with E-state index in [1.807, 2.05) is 24.3 Å². The Balaban J connectivity index is 1.31. The minimum atomic E-state index is -0.407. The van der Waals surface area contributed by atoms with Crippen molar-refractivity contribution < 1.29 is 9.31 Å². The highest BCUT2D eigenvalue weighted by atomic mass is 19.1. The fourth-order valence-corrected chi connectivity index (χ4v) is 5.53. The summed E-state index contributed by atoms with van der Waals surface area (Å²) in [5.74, 6) is 0. The smallest absolute Gasteiger partial charge is 0.269 e. The van der Waals surface area contributed by atoms with Crippen molar-refractivity contribution in [1.29, 1.82) is 0 Å². The number of hydrogen-bond donors (Lipinski definition) is 0. The van der Waals surface area contributed by atoms with Gasteiger partial charge < -0.3 is 0 Å². The van der Waals surface area contributed by atoms with E-state index in [0.29, 0.717) is 6.04 Å². The van der Waals surface area contributed by atoms with E-state index in [4.69, 9.17) is 0 Å². The normalized spacial score (nSPS) is 18.6. The van der Waals surface area contributed by atoms with Crippen molar-refractivity contribution in [3.05, 3.63) is 75.3 Å². The number of rotatable bonds is 10. The maximum Gasteiger partial charge on any atom is 0.269 e. The van der Waals surface area contributed by atoms with Crippen LogP contribution in [0.5, 0.6) is 0 Å². The number of hydrogen-bond acceptors (Lipinski definition) is 5. The number of alkyl halides is 1. The van der Waals surface area contributed by atoms with Crippen LogP contribution in [-0.2, 0) is 19.8 Å². The summed E-state index contributed by atoms with van der Waals surface area (Å²) < 4.78 is 13.0. The number of halogens is 1. The van der Waals surface area contributed by atoms with E-state index >= 15 is 0 Å². The first-order valence-corrected chi connectivity index (χ1v) is 13.2. The predicted molar refractivity (Wildman–Crippen MR) is 138 cm³/mol. The molecule has 2 aromatic carbocycles. The van der Waals surface area contributed by atoms with Crippen LogP contribution in [0.15, 0.2) is 48.5 Å². The lowest BCUT2D eigenvalue weighted by Crippen LogP contribution is -2.49. The second-order valence-corrected chi connectivity index (χ2v) is 10.1. The molecule has 0 radical (unpaired) electrons. The molecule has 1 saturated heterocycles. The molecule has 1 aliphatic heterocycles. The third kappa shape index (κ3) is 7.82. The molecule has 2 aromatic rings. The van der Waals surface area contributed by atoms with Gasteiger partial charge >= 0.3 is 0 Å². The molecule has 7 heteroatoms. The molecule has 4 rings (SSSR count). The Kier molecular flexibility index (Phi) is 9.63. The van der Waals surface area contributed by atoms with E-state index in [2.05, 4.69) is 20.8 Å². The fraction of sp³-hybridized carbons (Fsp3) is 0.571. The molecule has 0 unspecified atom stereocenters. The molecule has 0 atom stereocenters. The quantitative estimate of drug-likeness (QED) is 0.258. The summed E-state index contributed by atoms with van der Waals surface area (Å²) in [5.41, 5.74) is 3.15. The van der Waals surface area contributed by atoms with Crippen LogP contribution in [0.1, 0.15) is 55.2 Å². The molecule has 1 heterocycles. The Morgan fingerprint density at radius 1 is 0.886 bits per heavy atom. The molecule has 0 bridgehead atoms. The molecule has 35 heavy (non-hydrogen) atoms. The zero-order chi connectivity index (χ0) is 24.5. The van der Waals surface area contributed by atoms with Gasteiger partial charge in [-0.3, -0.25) is 24.8 Å². The van der Waals surface area contributed by atoms with Crippen LogP contribution in [0.3, 0.4) is 0 Å². The number of nitro groups is 1. The van der Waals surface area contributed by atoms with Gasteiger partial charge in [-0.1, -0.05) is 62.1 Å². The van der Waals surface area contributed by atoms with Crippen LogP contribution in [0.4, 0.5) is 10.1 Å². The lowest BCUT2D eigenvalue weighted by molar-refractivity contribution is -0.384. The number of nitrogens with zero attached hydrogens (tertiary/aromatic N) is 4. The molecule has 0 amide bonds. The average Bonchev–Trinajstić information content (AvgIpc) is 3.17. The van der Waals surface area contributed by atoms with Crippen molar-refractivity contribution in [2.24, 2.45) is 0 Å². The average molecular weight is 483 g/mol. The van der Waals surface area contributed by atoms with Gasteiger partial charge in [0.15, 0.2) is 0 Å². The van der Waals surface area contributed by atoms with Gasteiger partial charge in [-0.05, 0) is 29.5 Å². The predicted octanol–water partition coefficient (Wildman–Crippen LogP) is 5.41. The summed E-state index contributed by atoms with van der Waals surface area (Å²) in [6, 6.07) is 15.6. The van der Waals surface area contributed by atoms with E-state index in [-0.39, 0.29) is 10.6 Å². The maximum atomic E-state index is 13.0. The van der Waals surface area contributed by atoms with Gasteiger partial charge in [-0.25, -0.2) is 4.39 Å². The van der Waals surface area contributed by atoms with Gasteiger partial charge in [-0.15, -0.1) is 0 Å². The summed E-state index contributed by atoms with van der Waals surface area (Å²) in [4.78, 5) is 18.5. The van der Waals surface area contributed by atoms with Gasteiger partial charge in [0.25, 0.3) is 5.69 Å². The van der Waals surface area contributed by atoms with Crippen molar-refractivity contribution in [2.75, 3.05) is 39.3 Å². The highest BCUT2D eigenvalue weighted by Gasteiger charge is 2.23. The molecule has 2 fully saturated rings. The zero-order valence-electron chi connectivity index (χ0n) is 20.8. The van der Waals surface area contributed by atoms with Crippen molar-refractivity contribution in [2.45, 2.75) is 64.3 Å². The lowest BCUT2D eigenvalue weighted by Gasteiger charge is -2.37. The monoisotopic (exact) mass is 482 g/mol. The third-order valence-corrected chi connectivity index (χ3v) is 7.57. The van der Waals surface area contributed by atoms with Crippen molar-refractivity contribution in [3.63, 3.8) is 0 Å². The summed E-state index contributed by atoms with van der Waals surface area (Å²) in [6.07, 6.45) is 7.63. The van der Waals surface area contributed by atoms with Crippen LogP contribution < -0.4 is 0 Å². The fourth-order valence-electron chi connectivity index (χ4n) is 5.53. The molecule has 190 valence electrons. The first-order valence-electron chi connectivity index (χ1n) is 13.2. The number of benzene rings is 2. The van der Waals surface area contributed by atoms with Crippen molar-refractivity contribution >= 4 is 5.69 Å². The van der Waals surface area contributed by atoms with Gasteiger partial charge in [0.1, 0.15) is 6.67 Å². The minimum Gasteiger partial charge on any atom is -0.300 e. The molecule has 2 aliphatic rings. The van der Waals surface area contributed by atoms with Crippen LogP contribution >= 0.6 is 0 Å². The van der Waals surface area contributed by atoms with E-state index < -0.39 is 6.67 Å². The Bertz CT molecular complexity index is 940. The molecule has 0 spiro atoms. The van der Waals surface area contributed by atoms with Crippen LogP contribution in [-0.4, -0.2) is 64.9 Å². The van der Waals surface area contributed by atoms with E-state index in [1.165, 1.54) is 44.1 Å². The summed E-state index contributed by atoms with van der Waals surface area (Å²) >= 11 is 0. The molecule has 0 N–H and O–H groups in total. The molecule has 6 nitrogen and oxygen atoms in total. The minimum absolute atomic E-state index is 0.177. The third-order valence-electron chi connectivity index (χ3n) is 7.57. The van der Waals surface area contributed by atoms with Crippen molar-refractivity contribution in [1.82, 2.24) is 14.7 Å². The summed E-state index contributed by atoms with van der Waals surface area (Å²) in [6.45, 7) is 7.39. The second kappa shape index (κ2) is 13.1. The zero-order valence-corrected chi connectivity index (χ0v) is 20.8. The van der Waals surface area contributed by atoms with Gasteiger partial charge in [0, 0.05) is 70.5 Å². The highest BCUT2D eigenvalue weighted by Crippen LogP contribution is 2.24. The molecular weight excluding hydrogens is 443 g/mol. The Morgan fingerprint density at radius 3 is 2.26 bits per heavy atom. The van der Waals surface area contributed by atoms with Crippen molar-refractivity contribution in [3.8, 4) is 0 Å².